The van der Waals surface area contributed by atoms with Crippen molar-refractivity contribution in [1.29, 1.82) is 0 Å². The molecule has 0 bridgehead atoms. The summed E-state index contributed by atoms with van der Waals surface area (Å²) in [6.07, 6.45) is 0. The highest BCUT2D eigenvalue weighted by atomic mass is 28.3. The summed E-state index contributed by atoms with van der Waals surface area (Å²) in [7, 11) is 0.908. The fraction of sp³-hybridized carbons (Fsp3) is 0.438. The molecule has 0 aliphatic rings. The second-order valence-corrected chi connectivity index (χ2v) is 16.3. The Morgan fingerprint density at radius 2 is 1.03 bits per heavy atom. The zero-order valence-electron chi connectivity index (χ0n) is 24.8. The smallest absolute Gasteiger partial charge is 0.188 e. The Bertz CT molecular complexity index is 1130. The zero-order valence-corrected chi connectivity index (χ0v) is 25.8. The monoisotopic (exact) mass is 535 g/mol. The van der Waals surface area contributed by atoms with E-state index in [1.807, 2.05) is 0 Å². The number of nitrogens with zero attached hydrogens (tertiary/aromatic N) is 1. The Labute approximate surface area is 230 Å². The van der Waals surface area contributed by atoms with Gasteiger partial charge in [0.25, 0.3) is 0 Å². The van der Waals surface area contributed by atoms with E-state index in [1.54, 1.807) is 14.2 Å². The Kier molecular flexibility index (Phi) is 9.34. The molecule has 0 atom stereocenters. The van der Waals surface area contributed by atoms with Gasteiger partial charge in [0.1, 0.15) is 11.5 Å². The van der Waals surface area contributed by atoms with Crippen molar-refractivity contribution in [3.63, 3.8) is 0 Å². The highest BCUT2D eigenvalue weighted by Gasteiger charge is 2.39. The van der Waals surface area contributed by atoms with Gasteiger partial charge in [-0.2, -0.15) is 0 Å². The third-order valence-corrected chi connectivity index (χ3v) is 10.1. The van der Waals surface area contributed by atoms with Crippen LogP contribution in [0, 0.1) is 0 Å². The van der Waals surface area contributed by atoms with Crippen LogP contribution < -0.4 is 19.2 Å². The molecule has 206 valence electrons. The number of hydrogen-bond donors (Lipinski definition) is 0. The second kappa shape index (κ2) is 11.9. The second-order valence-electron chi connectivity index (χ2n) is 12.2. The van der Waals surface area contributed by atoms with Gasteiger partial charge in [0.2, 0.25) is 0 Å². The fourth-order valence-electron chi connectivity index (χ4n) is 4.83. The van der Waals surface area contributed by atoms with Gasteiger partial charge in [-0.1, -0.05) is 96.1 Å². The van der Waals surface area contributed by atoms with Crippen molar-refractivity contribution in [1.82, 2.24) is 0 Å². The molecule has 0 saturated carbocycles. The molecular weight excluding hydrogens is 490 g/mol. The lowest BCUT2D eigenvalue weighted by Gasteiger charge is -2.42. The number of anilines is 2. The third kappa shape index (κ3) is 6.42. The van der Waals surface area contributed by atoms with Crippen LogP contribution in [0.15, 0.2) is 66.7 Å². The Hall–Kier alpha value is -2.80. The zero-order chi connectivity index (χ0) is 28.1. The summed E-state index contributed by atoms with van der Waals surface area (Å²) >= 11 is 0. The van der Waals surface area contributed by atoms with Gasteiger partial charge in [-0.3, -0.25) is 0 Å². The standard InChI is InChI=1S/C32H45NO4Si/c1-31(2,3)25-18-14-20-27(29(25)36-22-34-7)33(38(9,10)24-16-12-11-13-17-24)28-21-15-19-26(32(4,5)6)30(28)37-23-35-8/h11-21H,22-23H2,1-10H3. The van der Waals surface area contributed by atoms with Gasteiger partial charge in [0.15, 0.2) is 21.8 Å². The number of rotatable bonds is 10. The molecule has 0 aliphatic heterocycles. The third-order valence-electron chi connectivity index (χ3n) is 6.77. The van der Waals surface area contributed by atoms with Gasteiger partial charge in [0.05, 0.1) is 11.4 Å². The first kappa shape index (κ1) is 29.7. The molecule has 6 heteroatoms. The number of hydrogen-bond acceptors (Lipinski definition) is 5. The van der Waals surface area contributed by atoms with Gasteiger partial charge in [0, 0.05) is 25.3 Å². The highest BCUT2D eigenvalue weighted by Crippen LogP contribution is 2.48. The largest absolute Gasteiger partial charge is 0.465 e. The summed E-state index contributed by atoms with van der Waals surface area (Å²) in [6, 6.07) is 23.6. The molecule has 0 spiro atoms. The molecule has 0 heterocycles. The van der Waals surface area contributed by atoms with E-state index in [0.717, 1.165) is 34.0 Å². The molecule has 5 nitrogen and oxygen atoms in total. The van der Waals surface area contributed by atoms with Gasteiger partial charge in [-0.05, 0) is 41.2 Å². The van der Waals surface area contributed by atoms with E-state index in [-0.39, 0.29) is 24.4 Å². The van der Waals surface area contributed by atoms with Crippen molar-refractivity contribution in [3.8, 4) is 11.5 Å². The van der Waals surface area contributed by atoms with Gasteiger partial charge < -0.3 is 23.5 Å². The number of para-hydroxylation sites is 2. The van der Waals surface area contributed by atoms with Crippen molar-refractivity contribution >= 4 is 24.8 Å². The van der Waals surface area contributed by atoms with E-state index in [1.165, 1.54) is 5.19 Å². The molecule has 0 radical (unpaired) electrons. The minimum atomic E-state index is -2.40. The van der Waals surface area contributed by atoms with Crippen molar-refractivity contribution < 1.29 is 18.9 Å². The van der Waals surface area contributed by atoms with E-state index < -0.39 is 8.24 Å². The fourth-order valence-corrected chi connectivity index (χ4v) is 7.65. The number of ether oxygens (including phenoxy) is 4. The Morgan fingerprint density at radius 1 is 0.605 bits per heavy atom. The molecule has 38 heavy (non-hydrogen) atoms. The van der Waals surface area contributed by atoms with E-state index in [9.17, 15) is 0 Å². The quantitative estimate of drug-likeness (QED) is 0.199. The molecule has 0 saturated heterocycles. The van der Waals surface area contributed by atoms with Gasteiger partial charge in [-0.15, -0.1) is 0 Å². The van der Waals surface area contributed by atoms with Crippen LogP contribution in [0.4, 0.5) is 11.4 Å². The minimum Gasteiger partial charge on any atom is -0.465 e. The van der Waals surface area contributed by atoms with Crippen LogP contribution in [0.1, 0.15) is 52.7 Å². The lowest BCUT2D eigenvalue weighted by atomic mass is 9.85. The molecule has 0 amide bonds. The first-order valence-electron chi connectivity index (χ1n) is 13.2. The Balaban J connectivity index is 2.44. The first-order chi connectivity index (χ1) is 17.8. The predicted octanol–water partition coefficient (Wildman–Crippen LogP) is 7.50. The average molecular weight is 536 g/mol. The van der Waals surface area contributed by atoms with Crippen LogP contribution in [-0.2, 0) is 20.3 Å². The SMILES string of the molecule is COCOc1c(N(c2cccc(C(C)(C)C)c2OCOC)[Si](C)(C)c2ccccc2)cccc1C(C)(C)C. The maximum atomic E-state index is 6.39. The van der Waals surface area contributed by atoms with Crippen LogP contribution in [0.3, 0.4) is 0 Å². The summed E-state index contributed by atoms with van der Waals surface area (Å²) in [5.74, 6) is 1.66. The molecule has 0 fully saturated rings. The van der Waals surface area contributed by atoms with Gasteiger partial charge >= 0.3 is 0 Å². The highest BCUT2D eigenvalue weighted by molar-refractivity contribution is 6.93. The van der Waals surface area contributed by atoms with Crippen molar-refractivity contribution in [2.75, 3.05) is 32.4 Å². The van der Waals surface area contributed by atoms with Crippen LogP contribution in [0.5, 0.6) is 11.5 Å². The first-order valence-corrected chi connectivity index (χ1v) is 16.1. The van der Waals surface area contributed by atoms with E-state index in [0.29, 0.717) is 0 Å². The van der Waals surface area contributed by atoms with E-state index in [4.69, 9.17) is 18.9 Å². The topological polar surface area (TPSA) is 40.2 Å². The molecule has 0 unspecified atom stereocenters. The molecule has 3 aromatic rings. The van der Waals surface area contributed by atoms with Crippen LogP contribution in [0.2, 0.25) is 13.1 Å². The molecule has 0 aromatic heterocycles. The molecule has 0 aliphatic carbocycles. The normalized spacial score (nSPS) is 12.4. The molecule has 0 N–H and O–H groups in total. The van der Waals surface area contributed by atoms with Crippen LogP contribution in [0.25, 0.3) is 0 Å². The van der Waals surface area contributed by atoms with Crippen molar-refractivity contribution in [2.45, 2.75) is 65.5 Å². The molecule has 3 aromatic carbocycles. The van der Waals surface area contributed by atoms with Crippen LogP contribution in [-0.4, -0.2) is 36.0 Å². The van der Waals surface area contributed by atoms with Gasteiger partial charge in [-0.25, -0.2) is 0 Å². The number of methoxy groups -OCH3 is 2. The molecule has 3 rings (SSSR count). The predicted molar refractivity (Wildman–Crippen MR) is 161 cm³/mol. The Morgan fingerprint density at radius 3 is 1.39 bits per heavy atom. The molecular formula is C32H45NO4Si. The lowest BCUT2D eigenvalue weighted by Crippen LogP contribution is -2.56. The average Bonchev–Trinajstić information content (AvgIpc) is 2.86. The maximum absolute atomic E-state index is 6.39. The van der Waals surface area contributed by atoms with Crippen LogP contribution >= 0.6 is 0 Å². The summed E-state index contributed by atoms with van der Waals surface area (Å²) in [5.41, 5.74) is 3.99. The van der Waals surface area contributed by atoms with E-state index >= 15 is 0 Å². The van der Waals surface area contributed by atoms with Crippen molar-refractivity contribution in [2.24, 2.45) is 0 Å². The van der Waals surface area contributed by atoms with E-state index in [2.05, 4.69) is 126 Å². The summed E-state index contributed by atoms with van der Waals surface area (Å²) in [5, 5.41) is 1.30. The van der Waals surface area contributed by atoms with Crippen molar-refractivity contribution in [3.05, 3.63) is 77.9 Å². The summed E-state index contributed by atoms with van der Waals surface area (Å²) < 4.78 is 26.0. The maximum Gasteiger partial charge on any atom is 0.188 e. The summed E-state index contributed by atoms with van der Waals surface area (Å²) in [4.78, 5) is 0. The lowest BCUT2D eigenvalue weighted by molar-refractivity contribution is 0.0498. The number of benzene rings is 3. The summed E-state index contributed by atoms with van der Waals surface area (Å²) in [6.45, 7) is 18.3. The minimum absolute atomic E-state index is 0.133.